The van der Waals surface area contributed by atoms with E-state index in [1.54, 1.807) is 0 Å². The summed E-state index contributed by atoms with van der Waals surface area (Å²) < 4.78 is 4.85. The third kappa shape index (κ3) is 2.85. The van der Waals surface area contributed by atoms with Crippen molar-refractivity contribution in [3.05, 3.63) is 21.9 Å². The average Bonchev–Trinajstić information content (AvgIpc) is 2.03. The van der Waals surface area contributed by atoms with Crippen LogP contribution in [0.15, 0.2) is 11.8 Å². The molecule has 0 bridgehead atoms. The van der Waals surface area contributed by atoms with Gasteiger partial charge in [-0.3, -0.25) is 14.9 Å². The topological polar surface area (TPSA) is 69.4 Å². The molecule has 1 aliphatic carbocycles. The zero-order valence-corrected chi connectivity index (χ0v) is 7.36. The molecule has 1 aliphatic rings. The maximum Gasteiger partial charge on any atom is 0.303 e. The Balaban J connectivity index is 2.62. The van der Waals surface area contributed by atoms with E-state index in [4.69, 9.17) is 4.74 Å². The molecule has 72 valence electrons. The Hall–Kier alpha value is -1.39. The predicted molar refractivity (Wildman–Crippen MR) is 44.5 cm³/mol. The summed E-state index contributed by atoms with van der Waals surface area (Å²) in [5.41, 5.74) is 0.150. The summed E-state index contributed by atoms with van der Waals surface area (Å²) in [5, 5.41) is 10.4. The minimum atomic E-state index is -0.421. The van der Waals surface area contributed by atoms with Crippen LogP contribution in [0.3, 0.4) is 0 Å². The molecule has 0 aromatic heterocycles. The van der Waals surface area contributed by atoms with E-state index in [-0.39, 0.29) is 5.70 Å². The van der Waals surface area contributed by atoms with Crippen LogP contribution in [-0.2, 0) is 9.53 Å². The van der Waals surface area contributed by atoms with E-state index in [1.807, 2.05) is 0 Å². The fraction of sp³-hybridized carbons (Fsp3) is 0.625. The first kappa shape index (κ1) is 9.70. The molecule has 0 N–H and O–H groups in total. The van der Waals surface area contributed by atoms with Gasteiger partial charge in [-0.05, 0) is 12.8 Å². The molecule has 13 heavy (non-hydrogen) atoms. The minimum absolute atomic E-state index is 0.150. The number of allylic oxidation sites excluding steroid dienone is 1. The number of hydrogen-bond acceptors (Lipinski definition) is 4. The number of rotatable bonds is 2. The first-order chi connectivity index (χ1) is 6.09. The van der Waals surface area contributed by atoms with Crippen LogP contribution >= 0.6 is 0 Å². The van der Waals surface area contributed by atoms with Crippen LogP contribution in [0.4, 0.5) is 0 Å². The highest BCUT2D eigenvalue weighted by Gasteiger charge is 2.22. The van der Waals surface area contributed by atoms with Crippen molar-refractivity contribution in [1.82, 2.24) is 0 Å². The molecular formula is C8H11NO4. The molecule has 0 heterocycles. The summed E-state index contributed by atoms with van der Waals surface area (Å²) in [6, 6.07) is 0. The van der Waals surface area contributed by atoms with E-state index in [9.17, 15) is 14.9 Å². The average molecular weight is 185 g/mol. The van der Waals surface area contributed by atoms with Crippen LogP contribution in [0.2, 0.25) is 0 Å². The van der Waals surface area contributed by atoms with E-state index in [2.05, 4.69) is 0 Å². The van der Waals surface area contributed by atoms with Gasteiger partial charge < -0.3 is 4.74 Å². The van der Waals surface area contributed by atoms with Crippen molar-refractivity contribution in [2.24, 2.45) is 0 Å². The number of carbonyl (C=O) groups excluding carboxylic acids is 1. The van der Waals surface area contributed by atoms with Crippen LogP contribution in [0.25, 0.3) is 0 Å². The highest BCUT2D eigenvalue weighted by molar-refractivity contribution is 5.66. The van der Waals surface area contributed by atoms with Gasteiger partial charge in [-0.25, -0.2) is 0 Å². The minimum Gasteiger partial charge on any atom is -0.458 e. The number of nitrogens with zero attached hydrogens (tertiary/aromatic N) is 1. The van der Waals surface area contributed by atoms with Crippen molar-refractivity contribution in [2.45, 2.75) is 32.3 Å². The van der Waals surface area contributed by atoms with Crippen molar-refractivity contribution >= 4 is 5.97 Å². The van der Waals surface area contributed by atoms with Gasteiger partial charge in [-0.15, -0.1) is 0 Å². The summed E-state index contributed by atoms with van der Waals surface area (Å²) in [7, 11) is 0. The van der Waals surface area contributed by atoms with Crippen LogP contribution in [-0.4, -0.2) is 17.0 Å². The highest BCUT2D eigenvalue weighted by Crippen LogP contribution is 2.20. The molecule has 0 aliphatic heterocycles. The van der Waals surface area contributed by atoms with Gasteiger partial charge in [0.2, 0.25) is 5.70 Å². The van der Waals surface area contributed by atoms with E-state index in [1.165, 1.54) is 13.0 Å². The lowest BCUT2D eigenvalue weighted by Crippen LogP contribution is -2.19. The lowest BCUT2D eigenvalue weighted by atomic mass is 10.0. The van der Waals surface area contributed by atoms with E-state index >= 15 is 0 Å². The zero-order chi connectivity index (χ0) is 9.84. The summed E-state index contributed by atoms with van der Waals surface area (Å²) >= 11 is 0. The van der Waals surface area contributed by atoms with Crippen molar-refractivity contribution < 1.29 is 14.5 Å². The molecule has 0 spiro atoms. The number of nitro groups is 1. The summed E-state index contributed by atoms with van der Waals surface area (Å²) in [5.74, 6) is -0.397. The van der Waals surface area contributed by atoms with Crippen LogP contribution in [0.1, 0.15) is 26.2 Å². The maximum atomic E-state index is 10.6. The molecular weight excluding hydrogens is 174 g/mol. The van der Waals surface area contributed by atoms with Crippen molar-refractivity contribution in [3.8, 4) is 0 Å². The van der Waals surface area contributed by atoms with Gasteiger partial charge in [0.15, 0.2) is 0 Å². The summed E-state index contributed by atoms with van der Waals surface area (Å²) in [4.78, 5) is 20.5. The molecule has 5 nitrogen and oxygen atoms in total. The molecule has 0 radical (unpaired) electrons. The van der Waals surface area contributed by atoms with Gasteiger partial charge in [0.25, 0.3) is 0 Å². The lowest BCUT2D eigenvalue weighted by Gasteiger charge is -2.16. The van der Waals surface area contributed by atoms with Crippen molar-refractivity contribution in [2.75, 3.05) is 0 Å². The Kier molecular flexibility index (Phi) is 3.00. The molecule has 0 aromatic carbocycles. The van der Waals surface area contributed by atoms with Crippen LogP contribution in [0, 0.1) is 10.1 Å². The Labute approximate surface area is 75.5 Å². The largest absolute Gasteiger partial charge is 0.458 e. The van der Waals surface area contributed by atoms with Gasteiger partial charge in [0, 0.05) is 19.4 Å². The second-order valence-corrected chi connectivity index (χ2v) is 2.96. The SMILES string of the molecule is CC(=O)O[C@@H]1C=C([N+](=O)[O-])CCC1. The van der Waals surface area contributed by atoms with Gasteiger partial charge in [-0.2, -0.15) is 0 Å². The van der Waals surface area contributed by atoms with Crippen molar-refractivity contribution in [3.63, 3.8) is 0 Å². The number of hydrogen-bond donors (Lipinski definition) is 0. The Bertz CT molecular complexity index is 259. The van der Waals surface area contributed by atoms with E-state index in [0.29, 0.717) is 19.3 Å². The molecule has 5 heteroatoms. The van der Waals surface area contributed by atoms with Gasteiger partial charge in [0.1, 0.15) is 6.10 Å². The van der Waals surface area contributed by atoms with E-state index in [0.717, 1.165) is 0 Å². The maximum absolute atomic E-state index is 10.6. The third-order valence-corrected chi connectivity index (χ3v) is 1.85. The lowest BCUT2D eigenvalue weighted by molar-refractivity contribution is -0.429. The number of carbonyl (C=O) groups is 1. The van der Waals surface area contributed by atoms with Gasteiger partial charge in [-0.1, -0.05) is 0 Å². The predicted octanol–water partition coefficient (Wildman–Crippen LogP) is 1.26. The quantitative estimate of drug-likeness (QED) is 0.369. The Morgan fingerprint density at radius 1 is 1.77 bits per heavy atom. The monoisotopic (exact) mass is 185 g/mol. The Morgan fingerprint density at radius 2 is 2.46 bits per heavy atom. The molecule has 0 amide bonds. The first-order valence-corrected chi connectivity index (χ1v) is 4.12. The second-order valence-electron chi connectivity index (χ2n) is 2.96. The molecule has 0 unspecified atom stereocenters. The van der Waals surface area contributed by atoms with Crippen molar-refractivity contribution in [1.29, 1.82) is 0 Å². The summed E-state index contributed by atoms with van der Waals surface area (Å²) in [6.07, 6.45) is 2.85. The summed E-state index contributed by atoms with van der Waals surface area (Å²) in [6.45, 7) is 1.30. The molecule has 0 saturated heterocycles. The molecule has 1 atom stereocenters. The Morgan fingerprint density at radius 3 is 3.00 bits per heavy atom. The fourth-order valence-electron chi connectivity index (χ4n) is 1.32. The second kappa shape index (κ2) is 4.02. The van der Waals surface area contributed by atoms with Crippen LogP contribution < -0.4 is 0 Å². The number of esters is 1. The molecule has 0 saturated carbocycles. The van der Waals surface area contributed by atoms with Crippen LogP contribution in [0.5, 0.6) is 0 Å². The number of ether oxygens (including phenoxy) is 1. The first-order valence-electron chi connectivity index (χ1n) is 4.12. The fourth-order valence-corrected chi connectivity index (χ4v) is 1.32. The molecule has 0 aromatic rings. The van der Waals surface area contributed by atoms with Gasteiger partial charge in [0.05, 0.1) is 4.92 Å². The highest BCUT2D eigenvalue weighted by atomic mass is 16.6. The molecule has 1 rings (SSSR count). The standard InChI is InChI=1S/C8H11NO4/c1-6(10)13-8-4-2-3-7(5-8)9(11)12/h5,8H,2-4H2,1H3/t8-/m0/s1. The van der Waals surface area contributed by atoms with E-state index < -0.39 is 17.0 Å². The molecule has 0 fully saturated rings. The zero-order valence-electron chi connectivity index (χ0n) is 7.36. The third-order valence-electron chi connectivity index (χ3n) is 1.85. The normalized spacial score (nSPS) is 21.9. The van der Waals surface area contributed by atoms with Gasteiger partial charge >= 0.3 is 5.97 Å². The smallest absolute Gasteiger partial charge is 0.303 e.